The Bertz CT molecular complexity index is 585. The predicted octanol–water partition coefficient (Wildman–Crippen LogP) is 2.73. The molecule has 0 aliphatic rings. The molecule has 0 spiro atoms. The fourth-order valence-corrected chi connectivity index (χ4v) is 1.75. The van der Waals surface area contributed by atoms with Crippen LogP contribution in [-0.4, -0.2) is 35.1 Å². The van der Waals surface area contributed by atoms with Gasteiger partial charge >= 0.3 is 0 Å². The molecule has 19 heavy (non-hydrogen) atoms. The van der Waals surface area contributed by atoms with Crippen molar-refractivity contribution in [2.75, 3.05) is 14.1 Å². The fourth-order valence-electron chi connectivity index (χ4n) is 1.37. The summed E-state index contributed by atoms with van der Waals surface area (Å²) in [5, 5.41) is 7.71. The van der Waals surface area contributed by atoms with Gasteiger partial charge in [0.05, 0.1) is 0 Å². The first-order valence-corrected chi connectivity index (χ1v) is 6.34. The van der Waals surface area contributed by atoms with E-state index in [1.54, 1.807) is 26.2 Å². The second-order valence-electron chi connectivity index (χ2n) is 4.02. The summed E-state index contributed by atoms with van der Waals surface area (Å²) >= 11 is 3.36. The fraction of sp³-hybridized carbons (Fsp3) is 0.154. The molecule has 0 saturated heterocycles. The van der Waals surface area contributed by atoms with Crippen LogP contribution in [0.15, 0.2) is 40.9 Å². The number of hydrogen-bond acceptors (Lipinski definition) is 4. The number of aromatic nitrogens is 2. The highest BCUT2D eigenvalue weighted by molar-refractivity contribution is 9.10. The van der Waals surface area contributed by atoms with Gasteiger partial charge in [-0.2, -0.15) is 0 Å². The lowest BCUT2D eigenvalue weighted by atomic mass is 10.3. The number of hydrogen-bond donors (Lipinski definition) is 0. The maximum atomic E-state index is 11.6. The van der Waals surface area contributed by atoms with Gasteiger partial charge in [-0.05, 0) is 24.3 Å². The molecule has 0 fully saturated rings. The molecule has 1 aromatic carbocycles. The molecule has 6 heteroatoms. The van der Waals surface area contributed by atoms with Gasteiger partial charge in [-0.1, -0.05) is 22.0 Å². The van der Waals surface area contributed by atoms with Crippen molar-refractivity contribution >= 4 is 21.8 Å². The van der Waals surface area contributed by atoms with Crippen LogP contribution in [0.4, 0.5) is 0 Å². The highest BCUT2D eigenvalue weighted by atomic mass is 79.9. The molecule has 5 nitrogen and oxygen atoms in total. The Morgan fingerprint density at radius 2 is 2.00 bits per heavy atom. The van der Waals surface area contributed by atoms with E-state index in [0.29, 0.717) is 11.6 Å². The van der Waals surface area contributed by atoms with Crippen LogP contribution in [-0.2, 0) is 0 Å². The lowest BCUT2D eigenvalue weighted by Crippen LogP contribution is -2.23. The van der Waals surface area contributed by atoms with E-state index in [4.69, 9.17) is 4.74 Å². The molecule has 98 valence electrons. The number of carbonyl (C=O) groups is 1. The minimum absolute atomic E-state index is 0.193. The van der Waals surface area contributed by atoms with E-state index in [-0.39, 0.29) is 11.6 Å². The maximum absolute atomic E-state index is 11.6. The van der Waals surface area contributed by atoms with Crippen LogP contribution < -0.4 is 4.74 Å². The molecule has 0 radical (unpaired) electrons. The molecule has 0 N–H and O–H groups in total. The number of amides is 1. The summed E-state index contributed by atoms with van der Waals surface area (Å²) in [5.74, 6) is 0.797. The van der Waals surface area contributed by atoms with Crippen LogP contribution in [0.1, 0.15) is 10.5 Å². The van der Waals surface area contributed by atoms with Crippen LogP contribution in [0.5, 0.6) is 11.6 Å². The summed E-state index contributed by atoms with van der Waals surface area (Å²) in [5.41, 5.74) is 0.284. The lowest BCUT2D eigenvalue weighted by Gasteiger charge is -2.09. The largest absolute Gasteiger partial charge is 0.437 e. The average molecular weight is 322 g/mol. The Balaban J connectivity index is 2.13. The van der Waals surface area contributed by atoms with Crippen molar-refractivity contribution in [2.24, 2.45) is 0 Å². The van der Waals surface area contributed by atoms with Gasteiger partial charge in [0.2, 0.25) is 5.88 Å². The summed E-state index contributed by atoms with van der Waals surface area (Å²) in [6, 6.07) is 10.6. The number of carbonyl (C=O) groups excluding carboxylic acids is 1. The van der Waals surface area contributed by atoms with Gasteiger partial charge in [-0.15, -0.1) is 10.2 Å². The monoisotopic (exact) mass is 321 g/mol. The van der Waals surface area contributed by atoms with Crippen LogP contribution in [0, 0.1) is 0 Å². The molecule has 0 saturated carbocycles. The molecule has 0 aliphatic carbocycles. The van der Waals surface area contributed by atoms with E-state index in [9.17, 15) is 4.79 Å². The Morgan fingerprint density at radius 1 is 1.21 bits per heavy atom. The van der Waals surface area contributed by atoms with Crippen molar-refractivity contribution in [3.63, 3.8) is 0 Å². The second kappa shape index (κ2) is 5.79. The van der Waals surface area contributed by atoms with Crippen molar-refractivity contribution in [1.29, 1.82) is 0 Å². The number of nitrogens with zero attached hydrogens (tertiary/aromatic N) is 3. The Kier molecular flexibility index (Phi) is 4.11. The molecular formula is C13H12BrN3O2. The molecular weight excluding hydrogens is 310 g/mol. The zero-order valence-electron chi connectivity index (χ0n) is 10.5. The molecule has 0 aliphatic heterocycles. The molecule has 2 aromatic rings. The van der Waals surface area contributed by atoms with E-state index in [1.165, 1.54) is 4.90 Å². The summed E-state index contributed by atoms with van der Waals surface area (Å²) in [6.07, 6.45) is 0. The first-order chi connectivity index (χ1) is 9.06. The number of benzene rings is 1. The SMILES string of the molecule is CN(C)C(=O)c1ccc(Oc2cccc(Br)c2)nn1. The minimum atomic E-state index is -0.193. The Hall–Kier alpha value is -1.95. The van der Waals surface area contributed by atoms with Crippen LogP contribution >= 0.6 is 15.9 Å². The third kappa shape index (κ3) is 3.51. The first kappa shape index (κ1) is 13.5. The molecule has 0 bridgehead atoms. The van der Waals surface area contributed by atoms with Gasteiger partial charge in [0, 0.05) is 24.6 Å². The quantitative estimate of drug-likeness (QED) is 0.872. The molecule has 1 aromatic heterocycles. The number of halogens is 1. The predicted molar refractivity (Wildman–Crippen MR) is 74.3 cm³/mol. The second-order valence-corrected chi connectivity index (χ2v) is 4.93. The van der Waals surface area contributed by atoms with Crippen molar-refractivity contribution in [3.8, 4) is 11.6 Å². The molecule has 1 amide bonds. The Labute approximate surface area is 119 Å². The summed E-state index contributed by atoms with van der Waals surface area (Å²) in [7, 11) is 3.33. The van der Waals surface area contributed by atoms with Gasteiger partial charge in [0.1, 0.15) is 5.75 Å². The summed E-state index contributed by atoms with van der Waals surface area (Å²) in [6.45, 7) is 0. The van der Waals surface area contributed by atoms with Crippen molar-refractivity contribution < 1.29 is 9.53 Å². The third-order valence-corrected chi connectivity index (χ3v) is 2.78. The van der Waals surface area contributed by atoms with Gasteiger partial charge < -0.3 is 9.64 Å². The van der Waals surface area contributed by atoms with Gasteiger partial charge in [-0.3, -0.25) is 4.79 Å². The zero-order valence-corrected chi connectivity index (χ0v) is 12.1. The topological polar surface area (TPSA) is 55.3 Å². The number of ether oxygens (including phenoxy) is 1. The van der Waals surface area contributed by atoms with E-state index in [2.05, 4.69) is 26.1 Å². The van der Waals surface area contributed by atoms with Crippen molar-refractivity contribution in [1.82, 2.24) is 15.1 Å². The average Bonchev–Trinajstić information content (AvgIpc) is 2.39. The molecule has 2 rings (SSSR count). The first-order valence-electron chi connectivity index (χ1n) is 5.55. The standard InChI is InChI=1S/C13H12BrN3O2/c1-17(2)13(18)11-6-7-12(16-15-11)19-10-5-3-4-9(14)8-10/h3-8H,1-2H3. The summed E-state index contributed by atoms with van der Waals surface area (Å²) < 4.78 is 6.44. The van der Waals surface area contributed by atoms with E-state index >= 15 is 0 Å². The molecule has 0 atom stereocenters. The lowest BCUT2D eigenvalue weighted by molar-refractivity contribution is 0.0820. The minimum Gasteiger partial charge on any atom is -0.437 e. The molecule has 0 unspecified atom stereocenters. The van der Waals surface area contributed by atoms with Crippen LogP contribution in [0.2, 0.25) is 0 Å². The highest BCUT2D eigenvalue weighted by Crippen LogP contribution is 2.22. The van der Waals surface area contributed by atoms with Gasteiger partial charge in [-0.25, -0.2) is 0 Å². The van der Waals surface area contributed by atoms with Crippen LogP contribution in [0.3, 0.4) is 0 Å². The highest BCUT2D eigenvalue weighted by Gasteiger charge is 2.10. The third-order valence-electron chi connectivity index (χ3n) is 2.28. The van der Waals surface area contributed by atoms with Crippen LogP contribution in [0.25, 0.3) is 0 Å². The van der Waals surface area contributed by atoms with E-state index in [1.807, 2.05) is 24.3 Å². The van der Waals surface area contributed by atoms with Gasteiger partial charge in [0.25, 0.3) is 5.91 Å². The smallest absolute Gasteiger partial charge is 0.273 e. The number of rotatable bonds is 3. The zero-order chi connectivity index (χ0) is 13.8. The summed E-state index contributed by atoms with van der Waals surface area (Å²) in [4.78, 5) is 13.1. The van der Waals surface area contributed by atoms with Crippen molar-refractivity contribution in [3.05, 3.63) is 46.6 Å². The van der Waals surface area contributed by atoms with Crippen molar-refractivity contribution in [2.45, 2.75) is 0 Å². The molecule has 1 heterocycles. The van der Waals surface area contributed by atoms with Gasteiger partial charge in [0.15, 0.2) is 5.69 Å². The maximum Gasteiger partial charge on any atom is 0.273 e. The van der Waals surface area contributed by atoms with E-state index < -0.39 is 0 Å². The normalized spacial score (nSPS) is 10.1. The Morgan fingerprint density at radius 3 is 2.58 bits per heavy atom. The van der Waals surface area contributed by atoms with E-state index in [0.717, 1.165) is 4.47 Å².